The van der Waals surface area contributed by atoms with Crippen LogP contribution in [0.2, 0.25) is 0 Å². The van der Waals surface area contributed by atoms with Gasteiger partial charge in [0, 0.05) is 30.9 Å². The maximum absolute atomic E-state index is 11.5. The lowest BCUT2D eigenvalue weighted by atomic mass is 10.4. The molecular formula is C13H19N3O2S. The Bertz CT molecular complexity index is 420. The van der Waals surface area contributed by atoms with E-state index in [4.69, 9.17) is 0 Å². The van der Waals surface area contributed by atoms with Crippen LogP contribution in [-0.4, -0.2) is 36.5 Å². The molecule has 0 radical (unpaired) electrons. The summed E-state index contributed by atoms with van der Waals surface area (Å²) in [5, 5.41) is 7.59. The van der Waals surface area contributed by atoms with Gasteiger partial charge < -0.3 is 15.5 Å². The molecule has 0 bridgehead atoms. The third-order valence-electron chi connectivity index (χ3n) is 3.07. The number of urea groups is 1. The zero-order valence-electron chi connectivity index (χ0n) is 10.9. The summed E-state index contributed by atoms with van der Waals surface area (Å²) in [4.78, 5) is 25.9. The first-order valence-electron chi connectivity index (χ1n) is 6.57. The van der Waals surface area contributed by atoms with Crippen LogP contribution in [0.3, 0.4) is 0 Å². The number of thiophene rings is 1. The van der Waals surface area contributed by atoms with Crippen LogP contribution in [0.4, 0.5) is 4.79 Å². The van der Waals surface area contributed by atoms with Crippen molar-refractivity contribution in [3.8, 4) is 0 Å². The van der Waals surface area contributed by atoms with Crippen molar-refractivity contribution in [3.05, 3.63) is 22.4 Å². The van der Waals surface area contributed by atoms with Crippen molar-refractivity contribution in [2.75, 3.05) is 19.6 Å². The van der Waals surface area contributed by atoms with Gasteiger partial charge in [0.15, 0.2) is 0 Å². The maximum Gasteiger partial charge on any atom is 0.315 e. The lowest BCUT2D eigenvalue weighted by Gasteiger charge is -2.15. The van der Waals surface area contributed by atoms with E-state index >= 15 is 0 Å². The number of nitrogens with zero attached hydrogens (tertiary/aromatic N) is 1. The monoisotopic (exact) mass is 281 g/mol. The summed E-state index contributed by atoms with van der Waals surface area (Å²) >= 11 is 1.62. The first-order valence-corrected chi connectivity index (χ1v) is 7.45. The van der Waals surface area contributed by atoms with Gasteiger partial charge in [-0.3, -0.25) is 4.79 Å². The van der Waals surface area contributed by atoms with Crippen molar-refractivity contribution in [1.82, 2.24) is 15.5 Å². The third kappa shape index (κ3) is 4.55. The van der Waals surface area contributed by atoms with Gasteiger partial charge >= 0.3 is 6.03 Å². The van der Waals surface area contributed by atoms with Gasteiger partial charge in [-0.25, -0.2) is 4.79 Å². The number of hydrogen-bond donors (Lipinski definition) is 2. The van der Waals surface area contributed by atoms with E-state index < -0.39 is 0 Å². The number of carbonyl (C=O) groups is 2. The van der Waals surface area contributed by atoms with Crippen LogP contribution < -0.4 is 10.6 Å². The second-order valence-electron chi connectivity index (χ2n) is 4.53. The average Bonchev–Trinajstić information content (AvgIpc) is 3.04. The summed E-state index contributed by atoms with van der Waals surface area (Å²) in [5.74, 6) is 0.238. The molecule has 104 valence electrons. The minimum atomic E-state index is -0.152. The first kappa shape index (κ1) is 13.9. The Hall–Kier alpha value is -1.56. The zero-order chi connectivity index (χ0) is 13.5. The van der Waals surface area contributed by atoms with Crippen LogP contribution in [0.5, 0.6) is 0 Å². The number of rotatable bonds is 6. The van der Waals surface area contributed by atoms with Gasteiger partial charge in [-0.05, 0) is 24.3 Å². The zero-order valence-corrected chi connectivity index (χ0v) is 11.7. The molecule has 1 aliphatic heterocycles. The molecular weight excluding hydrogens is 262 g/mol. The van der Waals surface area contributed by atoms with Gasteiger partial charge in [0.2, 0.25) is 5.91 Å². The molecule has 1 aliphatic rings. The lowest BCUT2D eigenvalue weighted by Crippen LogP contribution is -2.36. The molecule has 0 atom stereocenters. The second-order valence-corrected chi connectivity index (χ2v) is 5.56. The number of likely N-dealkylation sites (tertiary alicyclic amines) is 1. The van der Waals surface area contributed by atoms with Crippen LogP contribution in [0, 0.1) is 0 Å². The minimum Gasteiger partial charge on any atom is -0.343 e. The molecule has 2 heterocycles. The number of hydrogen-bond acceptors (Lipinski definition) is 3. The third-order valence-corrected chi connectivity index (χ3v) is 3.94. The van der Waals surface area contributed by atoms with Crippen LogP contribution >= 0.6 is 11.3 Å². The molecule has 1 aromatic rings. The molecule has 3 amide bonds. The number of carbonyl (C=O) groups excluding carboxylic acids is 2. The Morgan fingerprint density at radius 3 is 3.00 bits per heavy atom. The van der Waals surface area contributed by atoms with Crippen molar-refractivity contribution < 1.29 is 9.59 Å². The normalized spacial score (nSPS) is 14.7. The summed E-state index contributed by atoms with van der Waals surface area (Å²) in [6.45, 7) is 2.77. The summed E-state index contributed by atoms with van der Waals surface area (Å²) in [6, 6.07) is 3.80. The van der Waals surface area contributed by atoms with Gasteiger partial charge in [-0.1, -0.05) is 6.07 Å². The molecule has 2 N–H and O–H groups in total. The molecule has 1 saturated heterocycles. The van der Waals surface area contributed by atoms with E-state index in [1.807, 2.05) is 22.4 Å². The Morgan fingerprint density at radius 1 is 1.42 bits per heavy atom. The van der Waals surface area contributed by atoms with Crippen molar-refractivity contribution >= 4 is 23.3 Å². The van der Waals surface area contributed by atoms with Gasteiger partial charge in [-0.15, -0.1) is 11.3 Å². The van der Waals surface area contributed by atoms with Crippen molar-refractivity contribution in [2.24, 2.45) is 0 Å². The molecule has 0 aromatic carbocycles. The Kier molecular flexibility index (Phi) is 5.20. The predicted octanol–water partition coefficient (Wildman–Crippen LogP) is 1.56. The average molecular weight is 281 g/mol. The van der Waals surface area contributed by atoms with Crippen LogP contribution in [-0.2, 0) is 11.3 Å². The largest absolute Gasteiger partial charge is 0.343 e. The van der Waals surface area contributed by atoms with Crippen molar-refractivity contribution in [1.29, 1.82) is 0 Å². The SMILES string of the molecule is O=C(NCCCN1CCCC1=O)NCc1cccs1. The summed E-state index contributed by atoms with van der Waals surface area (Å²) in [7, 11) is 0. The topological polar surface area (TPSA) is 61.4 Å². The Morgan fingerprint density at radius 2 is 2.32 bits per heavy atom. The van der Waals surface area contributed by atoms with E-state index in [9.17, 15) is 9.59 Å². The van der Waals surface area contributed by atoms with E-state index in [-0.39, 0.29) is 11.9 Å². The highest BCUT2D eigenvalue weighted by Gasteiger charge is 2.18. The molecule has 6 heteroatoms. The van der Waals surface area contributed by atoms with E-state index in [1.165, 1.54) is 0 Å². The highest BCUT2D eigenvalue weighted by molar-refractivity contribution is 7.09. The van der Waals surface area contributed by atoms with Gasteiger partial charge in [0.1, 0.15) is 0 Å². The fraction of sp³-hybridized carbons (Fsp3) is 0.538. The van der Waals surface area contributed by atoms with Crippen LogP contribution in [0.15, 0.2) is 17.5 Å². The van der Waals surface area contributed by atoms with Crippen LogP contribution in [0.1, 0.15) is 24.1 Å². The Balaban J connectivity index is 1.53. The maximum atomic E-state index is 11.5. The highest BCUT2D eigenvalue weighted by Crippen LogP contribution is 2.09. The van der Waals surface area contributed by atoms with E-state index in [1.54, 1.807) is 11.3 Å². The molecule has 1 aromatic heterocycles. The number of nitrogens with one attached hydrogen (secondary N) is 2. The molecule has 0 unspecified atom stereocenters. The standard InChI is InChI=1S/C13H19N3O2S/c17-12-5-1-7-16(12)8-3-6-14-13(18)15-10-11-4-2-9-19-11/h2,4,9H,1,3,5-8,10H2,(H2,14,15,18). The molecule has 0 spiro atoms. The minimum absolute atomic E-state index is 0.152. The fourth-order valence-electron chi connectivity index (χ4n) is 2.06. The summed E-state index contributed by atoms with van der Waals surface area (Å²) in [6.07, 6.45) is 2.44. The highest BCUT2D eigenvalue weighted by atomic mass is 32.1. The predicted molar refractivity (Wildman–Crippen MR) is 75.0 cm³/mol. The molecule has 19 heavy (non-hydrogen) atoms. The first-order chi connectivity index (χ1) is 9.25. The van der Waals surface area contributed by atoms with Gasteiger partial charge in [0.25, 0.3) is 0 Å². The summed E-state index contributed by atoms with van der Waals surface area (Å²) < 4.78 is 0. The van der Waals surface area contributed by atoms with Gasteiger partial charge in [-0.2, -0.15) is 0 Å². The smallest absolute Gasteiger partial charge is 0.315 e. The van der Waals surface area contributed by atoms with Crippen molar-refractivity contribution in [3.63, 3.8) is 0 Å². The molecule has 0 saturated carbocycles. The van der Waals surface area contributed by atoms with Gasteiger partial charge in [0.05, 0.1) is 6.54 Å². The molecule has 5 nitrogen and oxygen atoms in total. The molecule has 0 aliphatic carbocycles. The van der Waals surface area contributed by atoms with E-state index in [0.29, 0.717) is 19.5 Å². The fourth-order valence-corrected chi connectivity index (χ4v) is 2.70. The Labute approximate surface area is 117 Å². The quantitative estimate of drug-likeness (QED) is 0.777. The lowest BCUT2D eigenvalue weighted by molar-refractivity contribution is -0.127. The van der Waals surface area contributed by atoms with E-state index in [0.717, 1.165) is 30.8 Å². The van der Waals surface area contributed by atoms with Crippen molar-refractivity contribution in [2.45, 2.75) is 25.8 Å². The summed E-state index contributed by atoms with van der Waals surface area (Å²) in [5.41, 5.74) is 0. The number of amides is 3. The van der Waals surface area contributed by atoms with Crippen LogP contribution in [0.25, 0.3) is 0 Å². The second kappa shape index (κ2) is 7.13. The molecule has 2 rings (SSSR count). The van der Waals surface area contributed by atoms with E-state index in [2.05, 4.69) is 10.6 Å². The molecule has 1 fully saturated rings.